The van der Waals surface area contributed by atoms with E-state index in [1.165, 1.54) is 12.8 Å². The van der Waals surface area contributed by atoms with Crippen molar-refractivity contribution in [3.63, 3.8) is 0 Å². The molecule has 1 unspecified atom stereocenters. The average Bonchev–Trinajstić information content (AvgIpc) is 2.83. The number of rotatable bonds is 4. The molecule has 1 N–H and O–H groups in total. The lowest BCUT2D eigenvalue weighted by Crippen LogP contribution is -2.59. The third-order valence-electron chi connectivity index (χ3n) is 3.84. The minimum Gasteiger partial charge on any atom is -0.314 e. The smallest absolute Gasteiger partial charge is 0.141 e. The van der Waals surface area contributed by atoms with Crippen LogP contribution in [0.3, 0.4) is 0 Å². The summed E-state index contributed by atoms with van der Waals surface area (Å²) in [6.45, 7) is 9.30. The van der Waals surface area contributed by atoms with Gasteiger partial charge in [-0.2, -0.15) is 0 Å². The summed E-state index contributed by atoms with van der Waals surface area (Å²) in [5.74, 6) is 0. The first-order valence-electron chi connectivity index (χ1n) is 6.39. The molecule has 0 radical (unpaired) electrons. The van der Waals surface area contributed by atoms with Gasteiger partial charge >= 0.3 is 0 Å². The Morgan fingerprint density at radius 3 is 2.29 bits per heavy atom. The molecule has 0 bridgehead atoms. The molecule has 2 aliphatic rings. The van der Waals surface area contributed by atoms with Crippen molar-refractivity contribution in [1.82, 2.24) is 15.1 Å². The minimum atomic E-state index is -0.285. The van der Waals surface area contributed by atoms with Gasteiger partial charge in [0.2, 0.25) is 0 Å². The summed E-state index contributed by atoms with van der Waals surface area (Å²) >= 11 is 0. The van der Waals surface area contributed by atoms with Gasteiger partial charge in [-0.15, -0.1) is 12.4 Å². The van der Waals surface area contributed by atoms with E-state index < -0.39 is 0 Å². The third-order valence-corrected chi connectivity index (χ3v) is 3.84. The molecule has 0 saturated carbocycles. The lowest BCUT2D eigenvalue weighted by atomic mass is 10.00. The van der Waals surface area contributed by atoms with Crippen molar-refractivity contribution in [3.8, 4) is 0 Å². The van der Waals surface area contributed by atoms with Gasteiger partial charge in [-0.1, -0.05) is 0 Å². The van der Waals surface area contributed by atoms with Crippen LogP contribution >= 0.6 is 12.4 Å². The third kappa shape index (κ3) is 3.65. The summed E-state index contributed by atoms with van der Waals surface area (Å²) in [6.07, 6.45) is 3.73. The quantitative estimate of drug-likeness (QED) is 0.742. The molecule has 0 spiro atoms. The van der Waals surface area contributed by atoms with Crippen LogP contribution in [-0.2, 0) is 4.79 Å². The van der Waals surface area contributed by atoms with Crippen molar-refractivity contribution in [3.05, 3.63) is 0 Å². The lowest BCUT2D eigenvalue weighted by molar-refractivity contribution is -0.119. The fourth-order valence-electron chi connectivity index (χ4n) is 2.78. The van der Waals surface area contributed by atoms with Gasteiger partial charge in [-0.05, 0) is 32.9 Å². The fourth-order valence-corrected chi connectivity index (χ4v) is 2.78. The van der Waals surface area contributed by atoms with Crippen LogP contribution in [0.15, 0.2) is 0 Å². The number of carbonyl (C=O) groups is 1. The van der Waals surface area contributed by atoms with Gasteiger partial charge in [0.25, 0.3) is 0 Å². The van der Waals surface area contributed by atoms with Gasteiger partial charge < -0.3 is 15.0 Å². The second-order valence-electron chi connectivity index (χ2n) is 5.20. The van der Waals surface area contributed by atoms with Crippen molar-refractivity contribution in [2.24, 2.45) is 0 Å². The first-order valence-corrected chi connectivity index (χ1v) is 6.39. The zero-order chi connectivity index (χ0) is 11.4. The Balaban J connectivity index is 0.00000144. The van der Waals surface area contributed by atoms with Crippen LogP contribution in [0.1, 0.15) is 19.8 Å². The topological polar surface area (TPSA) is 35.6 Å². The van der Waals surface area contributed by atoms with Crippen LogP contribution in [0.5, 0.6) is 0 Å². The Labute approximate surface area is 110 Å². The Kier molecular flexibility index (Phi) is 5.86. The predicted octanol–water partition coefficient (Wildman–Crippen LogP) is 0.367. The van der Waals surface area contributed by atoms with Crippen LogP contribution < -0.4 is 5.32 Å². The SMILES string of the molecule is CC(C=O)(CN1CCCC1)N1CCNCC1.Cl. The number of halogens is 1. The van der Waals surface area contributed by atoms with Crippen molar-refractivity contribution < 1.29 is 4.79 Å². The first kappa shape index (κ1) is 14.9. The maximum Gasteiger partial charge on any atom is 0.141 e. The highest BCUT2D eigenvalue weighted by Gasteiger charge is 2.34. The summed E-state index contributed by atoms with van der Waals surface area (Å²) in [7, 11) is 0. The summed E-state index contributed by atoms with van der Waals surface area (Å²) in [6, 6.07) is 0. The highest BCUT2D eigenvalue weighted by molar-refractivity contribution is 5.85. The molecule has 5 heteroatoms. The summed E-state index contributed by atoms with van der Waals surface area (Å²) < 4.78 is 0. The summed E-state index contributed by atoms with van der Waals surface area (Å²) in [5.41, 5.74) is -0.285. The Morgan fingerprint density at radius 1 is 1.18 bits per heavy atom. The molecule has 2 heterocycles. The molecule has 0 aliphatic carbocycles. The molecule has 1 atom stereocenters. The Bertz CT molecular complexity index is 240. The van der Waals surface area contributed by atoms with Gasteiger partial charge in [0.15, 0.2) is 0 Å². The summed E-state index contributed by atoms with van der Waals surface area (Å²) in [4.78, 5) is 16.2. The van der Waals surface area contributed by atoms with Crippen LogP contribution in [0.25, 0.3) is 0 Å². The monoisotopic (exact) mass is 261 g/mol. The molecule has 0 aromatic carbocycles. The number of nitrogens with one attached hydrogen (secondary N) is 1. The van der Waals surface area contributed by atoms with E-state index in [1.807, 2.05) is 0 Å². The van der Waals surface area contributed by atoms with E-state index in [1.54, 1.807) is 0 Å². The highest BCUT2D eigenvalue weighted by atomic mass is 35.5. The van der Waals surface area contributed by atoms with E-state index >= 15 is 0 Å². The van der Waals surface area contributed by atoms with Crippen molar-refractivity contribution in [1.29, 1.82) is 0 Å². The van der Waals surface area contributed by atoms with Gasteiger partial charge in [-0.3, -0.25) is 4.90 Å². The molecule has 2 saturated heterocycles. The lowest BCUT2D eigenvalue weighted by Gasteiger charge is -2.41. The molecular formula is C12H24ClN3O. The first-order chi connectivity index (χ1) is 7.74. The second-order valence-corrected chi connectivity index (χ2v) is 5.20. The van der Waals surface area contributed by atoms with E-state index in [9.17, 15) is 4.79 Å². The highest BCUT2D eigenvalue weighted by Crippen LogP contribution is 2.18. The largest absolute Gasteiger partial charge is 0.314 e. The Hall–Kier alpha value is -0.160. The van der Waals surface area contributed by atoms with E-state index in [-0.39, 0.29) is 17.9 Å². The molecule has 17 heavy (non-hydrogen) atoms. The number of hydrogen-bond acceptors (Lipinski definition) is 4. The fraction of sp³-hybridized carbons (Fsp3) is 0.917. The van der Waals surface area contributed by atoms with Gasteiger partial charge in [0, 0.05) is 32.7 Å². The maximum absolute atomic E-state index is 11.4. The Morgan fingerprint density at radius 2 is 1.76 bits per heavy atom. The molecule has 2 fully saturated rings. The molecule has 2 aliphatic heterocycles. The second kappa shape index (κ2) is 6.69. The van der Waals surface area contributed by atoms with E-state index in [0.29, 0.717) is 0 Å². The molecule has 0 aromatic rings. The van der Waals surface area contributed by atoms with Gasteiger partial charge in [0.05, 0.1) is 5.54 Å². The van der Waals surface area contributed by atoms with Crippen molar-refractivity contribution in [2.45, 2.75) is 25.3 Å². The number of carbonyl (C=O) groups excluding carboxylic acids is 1. The van der Waals surface area contributed by atoms with E-state index in [2.05, 4.69) is 22.0 Å². The average molecular weight is 262 g/mol. The molecule has 4 nitrogen and oxygen atoms in total. The van der Waals surface area contributed by atoms with Crippen LogP contribution in [0.4, 0.5) is 0 Å². The maximum atomic E-state index is 11.4. The normalized spacial score (nSPS) is 26.2. The number of piperazine rings is 1. The van der Waals surface area contributed by atoms with Crippen molar-refractivity contribution in [2.75, 3.05) is 45.8 Å². The standard InChI is InChI=1S/C12H23N3O.ClH/c1-12(11-16,10-14-6-2-3-7-14)15-8-4-13-5-9-15;/h11,13H,2-10H2,1H3;1H. The molecule has 0 aromatic heterocycles. The van der Waals surface area contributed by atoms with E-state index in [0.717, 1.165) is 52.1 Å². The number of aldehydes is 1. The molecule has 0 amide bonds. The number of likely N-dealkylation sites (tertiary alicyclic amines) is 1. The minimum absolute atomic E-state index is 0. The summed E-state index contributed by atoms with van der Waals surface area (Å²) in [5, 5.41) is 3.33. The number of hydrogen-bond donors (Lipinski definition) is 1. The van der Waals surface area contributed by atoms with Crippen LogP contribution in [-0.4, -0.2) is 67.4 Å². The molecule has 2 rings (SSSR count). The van der Waals surface area contributed by atoms with E-state index in [4.69, 9.17) is 0 Å². The van der Waals surface area contributed by atoms with Gasteiger partial charge in [0.1, 0.15) is 6.29 Å². The zero-order valence-electron chi connectivity index (χ0n) is 10.7. The predicted molar refractivity (Wildman–Crippen MR) is 71.8 cm³/mol. The van der Waals surface area contributed by atoms with Gasteiger partial charge in [-0.25, -0.2) is 0 Å². The molecular weight excluding hydrogens is 238 g/mol. The van der Waals surface area contributed by atoms with Crippen molar-refractivity contribution >= 4 is 18.7 Å². The molecule has 100 valence electrons. The van der Waals surface area contributed by atoms with Crippen LogP contribution in [0.2, 0.25) is 0 Å². The van der Waals surface area contributed by atoms with Crippen LogP contribution in [0, 0.1) is 0 Å². The zero-order valence-corrected chi connectivity index (χ0v) is 11.5. The number of nitrogens with zero attached hydrogens (tertiary/aromatic N) is 2.